The number of nitrogens with zero attached hydrogens (tertiary/aromatic N) is 2. The van der Waals surface area contributed by atoms with E-state index in [2.05, 4.69) is 34.3 Å². The van der Waals surface area contributed by atoms with Gasteiger partial charge >= 0.3 is 0 Å². The van der Waals surface area contributed by atoms with Crippen molar-refractivity contribution in [1.29, 1.82) is 0 Å². The quantitative estimate of drug-likeness (QED) is 0.767. The molecule has 0 spiro atoms. The fourth-order valence-corrected chi connectivity index (χ4v) is 2.10. The molecule has 19 heavy (non-hydrogen) atoms. The molecule has 0 saturated carbocycles. The second kappa shape index (κ2) is 5.06. The number of pyridine rings is 2. The van der Waals surface area contributed by atoms with Gasteiger partial charge < -0.3 is 5.32 Å². The van der Waals surface area contributed by atoms with Gasteiger partial charge in [-0.15, -0.1) is 0 Å². The van der Waals surface area contributed by atoms with E-state index >= 15 is 0 Å². The number of benzene rings is 1. The molecular formula is C16H15N3. The van der Waals surface area contributed by atoms with Crippen molar-refractivity contribution in [3.63, 3.8) is 0 Å². The summed E-state index contributed by atoms with van der Waals surface area (Å²) < 4.78 is 0. The third-order valence-electron chi connectivity index (χ3n) is 3.17. The highest BCUT2D eigenvalue weighted by Gasteiger charge is 2.05. The van der Waals surface area contributed by atoms with Crippen LogP contribution in [0.5, 0.6) is 0 Å². The van der Waals surface area contributed by atoms with E-state index in [9.17, 15) is 0 Å². The number of fused-ring (bicyclic) bond motifs is 1. The second-order valence-electron chi connectivity index (χ2n) is 4.54. The maximum Gasteiger partial charge on any atom is 0.127 e. The minimum Gasteiger partial charge on any atom is -0.364 e. The first-order chi connectivity index (χ1) is 9.33. The molecule has 3 rings (SSSR count). The molecule has 3 aromatic rings. The average molecular weight is 249 g/mol. The van der Waals surface area contributed by atoms with Crippen LogP contribution in [0.15, 0.2) is 60.9 Å². The Bertz CT molecular complexity index is 680. The molecule has 1 N–H and O–H groups in total. The van der Waals surface area contributed by atoms with Crippen LogP contribution >= 0.6 is 0 Å². The van der Waals surface area contributed by atoms with Gasteiger partial charge in [0.1, 0.15) is 5.82 Å². The van der Waals surface area contributed by atoms with Crippen LogP contribution in [0, 0.1) is 0 Å². The minimum absolute atomic E-state index is 0.205. The Balaban J connectivity index is 1.85. The lowest BCUT2D eigenvalue weighted by Crippen LogP contribution is -2.07. The molecule has 0 aliphatic heterocycles. The van der Waals surface area contributed by atoms with Gasteiger partial charge in [-0.3, -0.25) is 4.98 Å². The Kier molecular flexibility index (Phi) is 3.11. The standard InChI is InChI=1S/C16H15N3/c1-12(13-8-10-17-11-9-13)18-16-7-6-14-4-2-3-5-15(14)19-16/h2-12H,1H3,(H,18,19). The van der Waals surface area contributed by atoms with Gasteiger partial charge in [0.15, 0.2) is 0 Å². The summed E-state index contributed by atoms with van der Waals surface area (Å²) >= 11 is 0. The highest BCUT2D eigenvalue weighted by Crippen LogP contribution is 2.19. The van der Waals surface area contributed by atoms with Gasteiger partial charge in [0.2, 0.25) is 0 Å². The Morgan fingerprint density at radius 1 is 0.947 bits per heavy atom. The summed E-state index contributed by atoms with van der Waals surface area (Å²) in [6, 6.07) is 16.5. The summed E-state index contributed by atoms with van der Waals surface area (Å²) in [6.45, 7) is 2.12. The molecule has 0 aliphatic rings. The van der Waals surface area contributed by atoms with Crippen molar-refractivity contribution in [1.82, 2.24) is 9.97 Å². The molecule has 3 heteroatoms. The third-order valence-corrected chi connectivity index (χ3v) is 3.17. The van der Waals surface area contributed by atoms with Gasteiger partial charge in [0, 0.05) is 17.8 Å². The summed E-state index contributed by atoms with van der Waals surface area (Å²) in [5, 5.41) is 4.57. The highest BCUT2D eigenvalue weighted by molar-refractivity contribution is 5.80. The van der Waals surface area contributed by atoms with Crippen LogP contribution in [0.3, 0.4) is 0 Å². The van der Waals surface area contributed by atoms with E-state index in [1.54, 1.807) is 12.4 Å². The van der Waals surface area contributed by atoms with Crippen LogP contribution in [0.1, 0.15) is 18.5 Å². The Hall–Kier alpha value is -2.42. The molecule has 3 nitrogen and oxygen atoms in total. The Morgan fingerprint density at radius 3 is 2.58 bits per heavy atom. The predicted octanol–water partition coefficient (Wildman–Crippen LogP) is 3.80. The topological polar surface area (TPSA) is 37.8 Å². The molecule has 2 aromatic heterocycles. The van der Waals surface area contributed by atoms with Gasteiger partial charge in [0.25, 0.3) is 0 Å². The summed E-state index contributed by atoms with van der Waals surface area (Å²) in [6.07, 6.45) is 3.61. The smallest absolute Gasteiger partial charge is 0.127 e. The predicted molar refractivity (Wildman–Crippen MR) is 78.0 cm³/mol. The first kappa shape index (κ1) is 11.7. The maximum atomic E-state index is 4.61. The van der Waals surface area contributed by atoms with Gasteiger partial charge in [-0.05, 0) is 42.8 Å². The van der Waals surface area contributed by atoms with Crippen LogP contribution in [-0.2, 0) is 0 Å². The van der Waals surface area contributed by atoms with Crippen molar-refractivity contribution in [2.24, 2.45) is 0 Å². The lowest BCUT2D eigenvalue weighted by molar-refractivity contribution is 0.873. The molecule has 0 aliphatic carbocycles. The van der Waals surface area contributed by atoms with Crippen molar-refractivity contribution in [3.8, 4) is 0 Å². The fourth-order valence-electron chi connectivity index (χ4n) is 2.10. The molecule has 1 unspecified atom stereocenters. The van der Waals surface area contributed by atoms with Gasteiger partial charge in [0.05, 0.1) is 11.6 Å². The zero-order valence-corrected chi connectivity index (χ0v) is 10.7. The summed E-state index contributed by atoms with van der Waals surface area (Å²) in [5.74, 6) is 0.892. The van der Waals surface area contributed by atoms with Crippen molar-refractivity contribution < 1.29 is 0 Å². The maximum absolute atomic E-state index is 4.61. The van der Waals surface area contributed by atoms with E-state index in [1.807, 2.05) is 36.4 Å². The monoisotopic (exact) mass is 249 g/mol. The van der Waals surface area contributed by atoms with E-state index in [0.29, 0.717) is 0 Å². The largest absolute Gasteiger partial charge is 0.364 e. The number of para-hydroxylation sites is 1. The van der Waals surface area contributed by atoms with Crippen LogP contribution in [-0.4, -0.2) is 9.97 Å². The molecular weight excluding hydrogens is 234 g/mol. The highest BCUT2D eigenvalue weighted by atomic mass is 15.0. The zero-order valence-electron chi connectivity index (χ0n) is 10.7. The first-order valence-electron chi connectivity index (χ1n) is 6.35. The van der Waals surface area contributed by atoms with Crippen LogP contribution in [0.2, 0.25) is 0 Å². The molecule has 1 atom stereocenters. The summed E-state index contributed by atoms with van der Waals surface area (Å²) in [4.78, 5) is 8.65. The molecule has 0 fully saturated rings. The van der Waals surface area contributed by atoms with Gasteiger partial charge in [-0.2, -0.15) is 0 Å². The minimum atomic E-state index is 0.205. The van der Waals surface area contributed by atoms with Crippen LogP contribution in [0.4, 0.5) is 5.82 Å². The van der Waals surface area contributed by atoms with E-state index in [1.165, 1.54) is 5.56 Å². The molecule has 0 radical (unpaired) electrons. The Morgan fingerprint density at radius 2 is 1.74 bits per heavy atom. The number of anilines is 1. The molecule has 0 saturated heterocycles. The van der Waals surface area contributed by atoms with Crippen molar-refractivity contribution >= 4 is 16.7 Å². The molecule has 2 heterocycles. The number of aromatic nitrogens is 2. The van der Waals surface area contributed by atoms with Crippen LogP contribution in [0.25, 0.3) is 10.9 Å². The molecule has 0 bridgehead atoms. The van der Waals surface area contributed by atoms with Crippen molar-refractivity contribution in [2.75, 3.05) is 5.32 Å². The summed E-state index contributed by atoms with van der Waals surface area (Å²) in [5.41, 5.74) is 2.21. The normalized spacial score (nSPS) is 12.3. The molecule has 0 amide bonds. The molecule has 1 aromatic carbocycles. The first-order valence-corrected chi connectivity index (χ1v) is 6.35. The second-order valence-corrected chi connectivity index (χ2v) is 4.54. The van der Waals surface area contributed by atoms with E-state index < -0.39 is 0 Å². The van der Waals surface area contributed by atoms with E-state index in [-0.39, 0.29) is 6.04 Å². The summed E-state index contributed by atoms with van der Waals surface area (Å²) in [7, 11) is 0. The lowest BCUT2D eigenvalue weighted by atomic mass is 10.1. The number of nitrogens with one attached hydrogen (secondary N) is 1. The average Bonchev–Trinajstić information content (AvgIpc) is 2.48. The van der Waals surface area contributed by atoms with Crippen molar-refractivity contribution in [3.05, 3.63) is 66.5 Å². The number of hydrogen-bond donors (Lipinski definition) is 1. The SMILES string of the molecule is CC(Nc1ccc2ccccc2n1)c1ccncc1. The Labute approximate surface area is 112 Å². The van der Waals surface area contributed by atoms with E-state index in [4.69, 9.17) is 0 Å². The molecule has 94 valence electrons. The number of hydrogen-bond acceptors (Lipinski definition) is 3. The fraction of sp³-hybridized carbons (Fsp3) is 0.125. The third kappa shape index (κ3) is 2.55. The zero-order chi connectivity index (χ0) is 13.1. The van der Waals surface area contributed by atoms with Crippen LogP contribution < -0.4 is 5.32 Å². The van der Waals surface area contributed by atoms with Gasteiger partial charge in [-0.1, -0.05) is 18.2 Å². The van der Waals surface area contributed by atoms with Crippen molar-refractivity contribution in [2.45, 2.75) is 13.0 Å². The van der Waals surface area contributed by atoms with E-state index in [0.717, 1.165) is 16.7 Å². The number of rotatable bonds is 3. The lowest BCUT2D eigenvalue weighted by Gasteiger charge is -2.15. The van der Waals surface area contributed by atoms with Gasteiger partial charge in [-0.25, -0.2) is 4.98 Å².